The van der Waals surface area contributed by atoms with E-state index in [0.29, 0.717) is 12.2 Å². The van der Waals surface area contributed by atoms with Crippen molar-refractivity contribution in [3.8, 4) is 0 Å². The van der Waals surface area contributed by atoms with E-state index >= 15 is 0 Å². The molecule has 1 N–H and O–H groups in total. The van der Waals surface area contributed by atoms with E-state index in [4.69, 9.17) is 5.11 Å². The minimum Gasteiger partial charge on any atom is -0.480 e. The average molecular weight is 231 g/mol. The highest BCUT2D eigenvalue weighted by Gasteiger charge is 2.38. The lowest BCUT2D eigenvalue weighted by molar-refractivity contribution is -0.154. The number of hydrogen-bond acceptors (Lipinski definition) is 4. The van der Waals surface area contributed by atoms with Crippen molar-refractivity contribution in [1.29, 1.82) is 0 Å². The Morgan fingerprint density at radius 3 is 2.40 bits per heavy atom. The minimum absolute atomic E-state index is 0.141. The van der Waals surface area contributed by atoms with Gasteiger partial charge in [0.15, 0.2) is 0 Å². The molecule has 1 heterocycles. The van der Waals surface area contributed by atoms with Crippen LogP contribution in [0.15, 0.2) is 0 Å². The lowest BCUT2D eigenvalue weighted by Gasteiger charge is -2.21. The quantitative estimate of drug-likeness (QED) is 0.691. The highest BCUT2D eigenvalue weighted by atomic mass is 32.2. The van der Waals surface area contributed by atoms with E-state index in [9.17, 15) is 14.4 Å². The van der Waals surface area contributed by atoms with Crippen LogP contribution in [0.25, 0.3) is 0 Å². The molecule has 1 saturated heterocycles. The molecule has 1 rings (SSSR count). The fraction of sp³-hybridized carbons (Fsp3) is 0.667. The summed E-state index contributed by atoms with van der Waals surface area (Å²) in [6, 6.07) is -0.986. The van der Waals surface area contributed by atoms with Crippen LogP contribution in [0.2, 0.25) is 0 Å². The predicted octanol–water partition coefficient (Wildman–Crippen LogP) is 0.342. The predicted molar refractivity (Wildman–Crippen MR) is 55.5 cm³/mol. The Labute approximate surface area is 91.8 Å². The van der Waals surface area contributed by atoms with Gasteiger partial charge in [-0.25, -0.2) is 4.79 Å². The van der Waals surface area contributed by atoms with Gasteiger partial charge in [-0.3, -0.25) is 14.5 Å². The molecule has 1 aliphatic rings. The Bertz CT molecular complexity index is 276. The van der Waals surface area contributed by atoms with E-state index in [2.05, 4.69) is 0 Å². The topological polar surface area (TPSA) is 74.7 Å². The lowest BCUT2D eigenvalue weighted by atomic mass is 10.2. The summed E-state index contributed by atoms with van der Waals surface area (Å²) in [5.41, 5.74) is 0. The van der Waals surface area contributed by atoms with E-state index in [0.717, 1.165) is 4.90 Å². The van der Waals surface area contributed by atoms with Gasteiger partial charge in [0.05, 0.1) is 0 Å². The summed E-state index contributed by atoms with van der Waals surface area (Å²) >= 11 is 1.50. The molecule has 0 spiro atoms. The molecule has 2 amide bonds. The number of aliphatic carboxylic acids is 1. The van der Waals surface area contributed by atoms with Gasteiger partial charge in [-0.15, -0.1) is 0 Å². The third kappa shape index (κ3) is 2.71. The molecule has 0 radical (unpaired) electrons. The zero-order valence-electron chi connectivity index (χ0n) is 8.43. The zero-order chi connectivity index (χ0) is 11.4. The summed E-state index contributed by atoms with van der Waals surface area (Å²) in [5.74, 6) is -1.22. The molecule has 0 unspecified atom stereocenters. The SMILES string of the molecule is CSCC[C@H](C(=O)O)N1C(=O)CCC1=O. The second-order valence-electron chi connectivity index (χ2n) is 3.29. The number of hydrogen-bond donors (Lipinski definition) is 1. The molecule has 0 aromatic carbocycles. The molecule has 1 fully saturated rings. The van der Waals surface area contributed by atoms with Gasteiger partial charge in [-0.05, 0) is 18.4 Å². The van der Waals surface area contributed by atoms with Crippen LogP contribution in [0.3, 0.4) is 0 Å². The van der Waals surface area contributed by atoms with E-state index in [1.165, 1.54) is 11.8 Å². The molecule has 15 heavy (non-hydrogen) atoms. The van der Waals surface area contributed by atoms with Crippen LogP contribution >= 0.6 is 11.8 Å². The van der Waals surface area contributed by atoms with Crippen molar-refractivity contribution < 1.29 is 19.5 Å². The molecular weight excluding hydrogens is 218 g/mol. The molecule has 1 atom stereocenters. The van der Waals surface area contributed by atoms with Crippen molar-refractivity contribution in [3.05, 3.63) is 0 Å². The fourth-order valence-corrected chi connectivity index (χ4v) is 1.99. The van der Waals surface area contributed by atoms with Gasteiger partial charge in [0, 0.05) is 12.8 Å². The summed E-state index contributed by atoms with van der Waals surface area (Å²) in [6.07, 6.45) is 2.45. The number of amides is 2. The number of carbonyl (C=O) groups is 3. The van der Waals surface area contributed by atoms with Crippen LogP contribution in [0, 0.1) is 0 Å². The molecule has 84 valence electrons. The average Bonchev–Trinajstić information content (AvgIpc) is 2.49. The number of carboxylic acids is 1. The van der Waals surface area contributed by atoms with Crippen LogP contribution in [-0.2, 0) is 14.4 Å². The molecule has 0 aromatic rings. The summed E-state index contributed by atoms with van der Waals surface area (Å²) in [6.45, 7) is 0. The van der Waals surface area contributed by atoms with Crippen molar-refractivity contribution >= 4 is 29.5 Å². The molecule has 0 bridgehead atoms. The maximum Gasteiger partial charge on any atom is 0.326 e. The first-order chi connectivity index (χ1) is 7.07. The maximum atomic E-state index is 11.3. The molecule has 1 aliphatic heterocycles. The molecule has 5 nitrogen and oxygen atoms in total. The molecule has 6 heteroatoms. The largest absolute Gasteiger partial charge is 0.480 e. The van der Waals surface area contributed by atoms with Crippen LogP contribution < -0.4 is 0 Å². The number of nitrogens with zero attached hydrogens (tertiary/aromatic N) is 1. The fourth-order valence-electron chi connectivity index (χ4n) is 1.53. The van der Waals surface area contributed by atoms with Crippen LogP contribution in [0.1, 0.15) is 19.3 Å². The Kier molecular flexibility index (Phi) is 4.14. The number of carboxylic acid groups (broad SMARTS) is 1. The number of rotatable bonds is 5. The van der Waals surface area contributed by atoms with Crippen LogP contribution in [0.4, 0.5) is 0 Å². The van der Waals surface area contributed by atoms with Crippen LogP contribution in [-0.4, -0.2) is 45.8 Å². The third-order valence-corrected chi connectivity index (χ3v) is 2.93. The first kappa shape index (κ1) is 12.0. The highest BCUT2D eigenvalue weighted by Crippen LogP contribution is 2.18. The van der Waals surface area contributed by atoms with E-state index in [1.807, 2.05) is 6.26 Å². The monoisotopic (exact) mass is 231 g/mol. The normalized spacial score (nSPS) is 18.3. The Morgan fingerprint density at radius 2 is 2.00 bits per heavy atom. The van der Waals surface area contributed by atoms with E-state index < -0.39 is 12.0 Å². The molecule has 0 aliphatic carbocycles. The smallest absolute Gasteiger partial charge is 0.326 e. The first-order valence-electron chi connectivity index (χ1n) is 4.64. The number of thioether (sulfide) groups is 1. The van der Waals surface area contributed by atoms with Gasteiger partial charge >= 0.3 is 5.97 Å². The highest BCUT2D eigenvalue weighted by molar-refractivity contribution is 7.98. The third-order valence-electron chi connectivity index (χ3n) is 2.28. The zero-order valence-corrected chi connectivity index (χ0v) is 9.25. The van der Waals surface area contributed by atoms with Crippen molar-refractivity contribution in [3.63, 3.8) is 0 Å². The summed E-state index contributed by atoms with van der Waals surface area (Å²) in [5, 5.41) is 8.94. The Balaban J connectivity index is 2.74. The first-order valence-corrected chi connectivity index (χ1v) is 6.04. The maximum absolute atomic E-state index is 11.3. The van der Waals surface area contributed by atoms with Gasteiger partial charge in [-0.2, -0.15) is 11.8 Å². The van der Waals surface area contributed by atoms with Gasteiger partial charge in [0.1, 0.15) is 6.04 Å². The minimum atomic E-state index is -1.10. The second kappa shape index (κ2) is 5.16. The van der Waals surface area contributed by atoms with Gasteiger partial charge in [0.25, 0.3) is 0 Å². The van der Waals surface area contributed by atoms with Crippen molar-refractivity contribution in [2.45, 2.75) is 25.3 Å². The lowest BCUT2D eigenvalue weighted by Crippen LogP contribution is -2.44. The summed E-state index contributed by atoms with van der Waals surface area (Å²) in [7, 11) is 0. The van der Waals surface area contributed by atoms with Crippen LogP contribution in [0.5, 0.6) is 0 Å². The Hall–Kier alpha value is -1.04. The standard InChI is InChI=1S/C9H13NO4S/c1-15-5-4-6(9(13)14)10-7(11)2-3-8(10)12/h6H,2-5H2,1H3,(H,13,14)/t6-/m1/s1. The summed E-state index contributed by atoms with van der Waals surface area (Å²) < 4.78 is 0. The van der Waals surface area contributed by atoms with E-state index in [1.54, 1.807) is 0 Å². The number of imide groups is 1. The second-order valence-corrected chi connectivity index (χ2v) is 4.28. The number of likely N-dealkylation sites (tertiary alicyclic amines) is 1. The molecular formula is C9H13NO4S. The molecule has 0 saturated carbocycles. The van der Waals surface area contributed by atoms with Gasteiger partial charge in [0.2, 0.25) is 11.8 Å². The van der Waals surface area contributed by atoms with E-state index in [-0.39, 0.29) is 24.7 Å². The van der Waals surface area contributed by atoms with Crippen molar-refractivity contribution in [2.75, 3.05) is 12.0 Å². The van der Waals surface area contributed by atoms with Gasteiger partial charge < -0.3 is 5.11 Å². The van der Waals surface area contributed by atoms with Crippen molar-refractivity contribution in [1.82, 2.24) is 4.90 Å². The number of carbonyl (C=O) groups excluding carboxylic acids is 2. The molecule has 0 aromatic heterocycles. The van der Waals surface area contributed by atoms with Crippen molar-refractivity contribution in [2.24, 2.45) is 0 Å². The summed E-state index contributed by atoms with van der Waals surface area (Å²) in [4.78, 5) is 34.5. The Morgan fingerprint density at radius 1 is 1.47 bits per heavy atom. The van der Waals surface area contributed by atoms with Gasteiger partial charge in [-0.1, -0.05) is 0 Å².